The minimum Gasteiger partial charge on any atom is -0.427 e. The lowest BCUT2D eigenvalue weighted by molar-refractivity contribution is -0.134. The second kappa shape index (κ2) is 16.4. The van der Waals surface area contributed by atoms with Crippen LogP contribution < -0.4 is 4.74 Å². The van der Waals surface area contributed by atoms with Gasteiger partial charge in [-0.3, -0.25) is 4.79 Å². The average molecular weight is 479 g/mol. The van der Waals surface area contributed by atoms with Crippen LogP contribution in [0.1, 0.15) is 122 Å². The van der Waals surface area contributed by atoms with Gasteiger partial charge < -0.3 is 4.74 Å². The monoisotopic (exact) mass is 478 g/mol. The largest absolute Gasteiger partial charge is 0.427 e. The molecule has 0 radical (unpaired) electrons. The van der Waals surface area contributed by atoms with Gasteiger partial charge in [0.2, 0.25) is 0 Å². The predicted molar refractivity (Wildman–Crippen MR) is 144 cm³/mol. The van der Waals surface area contributed by atoms with Crippen LogP contribution in [0, 0.1) is 5.92 Å². The Morgan fingerprint density at radius 2 is 1.46 bits per heavy atom. The third-order valence-corrected chi connectivity index (χ3v) is 7.34. The Kier molecular flexibility index (Phi) is 12.9. The summed E-state index contributed by atoms with van der Waals surface area (Å²) < 4.78 is 5.52. The molecule has 0 spiro atoms. The normalized spacial score (nSPS) is 13.9. The van der Waals surface area contributed by atoms with Gasteiger partial charge in [0.15, 0.2) is 5.82 Å². The van der Waals surface area contributed by atoms with Crippen LogP contribution in [0.4, 0.5) is 0 Å². The number of unbranched alkanes of at least 4 members (excludes halogenated alkanes) is 9. The number of hydrogen-bond donors (Lipinski definition) is 0. The molecule has 0 saturated heterocycles. The SMILES string of the molecule is CCCCCCCCc1cnc(-c2ccc(OC(=O)CCCCCCCC3CCCC3)cc2)nc1. The van der Waals surface area contributed by atoms with Crippen LogP contribution >= 0.6 is 0 Å². The predicted octanol–water partition coefficient (Wildman–Crippen LogP) is 8.87. The van der Waals surface area contributed by atoms with Gasteiger partial charge in [-0.2, -0.15) is 0 Å². The van der Waals surface area contributed by atoms with Gasteiger partial charge in [-0.1, -0.05) is 96.8 Å². The minimum atomic E-state index is -0.140. The first kappa shape index (κ1) is 27.4. The van der Waals surface area contributed by atoms with E-state index in [0.717, 1.165) is 30.7 Å². The lowest BCUT2D eigenvalue weighted by atomic mass is 9.99. The van der Waals surface area contributed by atoms with Crippen molar-refractivity contribution in [2.75, 3.05) is 0 Å². The first-order valence-electron chi connectivity index (χ1n) is 14.4. The smallest absolute Gasteiger partial charge is 0.311 e. The van der Waals surface area contributed by atoms with Gasteiger partial charge in [-0.15, -0.1) is 0 Å². The Hall–Kier alpha value is -2.23. The molecule has 192 valence electrons. The zero-order chi connectivity index (χ0) is 24.6. The molecule has 4 heteroatoms. The first-order valence-corrected chi connectivity index (χ1v) is 14.4. The number of aryl methyl sites for hydroxylation is 1. The quantitative estimate of drug-likeness (QED) is 0.129. The highest BCUT2D eigenvalue weighted by Crippen LogP contribution is 2.29. The summed E-state index contributed by atoms with van der Waals surface area (Å²) in [6, 6.07) is 7.53. The van der Waals surface area contributed by atoms with Crippen molar-refractivity contribution in [2.45, 2.75) is 122 Å². The number of carbonyl (C=O) groups is 1. The second-order valence-electron chi connectivity index (χ2n) is 10.4. The van der Waals surface area contributed by atoms with Gasteiger partial charge >= 0.3 is 5.97 Å². The second-order valence-corrected chi connectivity index (χ2v) is 10.4. The maximum atomic E-state index is 12.2. The van der Waals surface area contributed by atoms with Crippen LogP contribution in [-0.4, -0.2) is 15.9 Å². The first-order chi connectivity index (χ1) is 17.2. The van der Waals surface area contributed by atoms with E-state index in [4.69, 9.17) is 4.74 Å². The van der Waals surface area contributed by atoms with E-state index in [0.29, 0.717) is 18.0 Å². The van der Waals surface area contributed by atoms with Crippen LogP contribution in [0.25, 0.3) is 11.4 Å². The fraction of sp³-hybridized carbons (Fsp3) is 0.645. The summed E-state index contributed by atoms with van der Waals surface area (Å²) >= 11 is 0. The van der Waals surface area contributed by atoms with E-state index < -0.39 is 0 Å². The number of aromatic nitrogens is 2. The topological polar surface area (TPSA) is 52.1 Å². The molecule has 1 aromatic heterocycles. The molecule has 1 aliphatic rings. The van der Waals surface area contributed by atoms with Crippen LogP contribution in [0.3, 0.4) is 0 Å². The van der Waals surface area contributed by atoms with Crippen LogP contribution in [0.15, 0.2) is 36.7 Å². The van der Waals surface area contributed by atoms with E-state index in [2.05, 4.69) is 16.9 Å². The third kappa shape index (κ3) is 10.9. The summed E-state index contributed by atoms with van der Waals surface area (Å²) in [4.78, 5) is 21.3. The van der Waals surface area contributed by atoms with E-state index in [-0.39, 0.29) is 5.97 Å². The maximum absolute atomic E-state index is 12.2. The Morgan fingerprint density at radius 3 is 2.17 bits per heavy atom. The zero-order valence-electron chi connectivity index (χ0n) is 22.0. The molecule has 0 unspecified atom stereocenters. The number of hydrogen-bond acceptors (Lipinski definition) is 4. The molecular formula is C31H46N2O2. The van der Waals surface area contributed by atoms with E-state index in [1.54, 1.807) is 0 Å². The van der Waals surface area contributed by atoms with Crippen molar-refractivity contribution >= 4 is 5.97 Å². The molecule has 0 amide bonds. The van der Waals surface area contributed by atoms with Crippen molar-refractivity contribution < 1.29 is 9.53 Å². The van der Waals surface area contributed by atoms with Crippen molar-refractivity contribution in [3.05, 3.63) is 42.2 Å². The molecule has 35 heavy (non-hydrogen) atoms. The molecule has 3 rings (SSSR count). The number of nitrogens with zero attached hydrogens (tertiary/aromatic N) is 2. The Bertz CT molecular complexity index is 826. The molecule has 1 saturated carbocycles. The molecule has 1 aromatic carbocycles. The molecule has 0 N–H and O–H groups in total. The number of carbonyl (C=O) groups excluding carboxylic acids is 1. The highest BCUT2D eigenvalue weighted by atomic mass is 16.5. The average Bonchev–Trinajstić information content (AvgIpc) is 3.40. The van der Waals surface area contributed by atoms with Gasteiger partial charge in [-0.25, -0.2) is 9.97 Å². The molecule has 4 nitrogen and oxygen atoms in total. The molecule has 1 heterocycles. The van der Waals surface area contributed by atoms with E-state index in [9.17, 15) is 4.79 Å². The van der Waals surface area contributed by atoms with Crippen LogP contribution in [0.5, 0.6) is 5.75 Å². The summed E-state index contributed by atoms with van der Waals surface area (Å²) in [5.41, 5.74) is 2.14. The molecule has 1 fully saturated rings. The van der Waals surface area contributed by atoms with E-state index in [1.165, 1.54) is 95.5 Å². The summed E-state index contributed by atoms with van der Waals surface area (Å²) in [6.45, 7) is 2.25. The van der Waals surface area contributed by atoms with Gasteiger partial charge in [0, 0.05) is 24.4 Å². The van der Waals surface area contributed by atoms with Crippen molar-refractivity contribution in [3.63, 3.8) is 0 Å². The minimum absolute atomic E-state index is 0.140. The Morgan fingerprint density at radius 1 is 0.829 bits per heavy atom. The van der Waals surface area contributed by atoms with Crippen molar-refractivity contribution in [1.29, 1.82) is 0 Å². The molecule has 1 aliphatic carbocycles. The summed E-state index contributed by atoms with van der Waals surface area (Å²) in [5, 5.41) is 0. The maximum Gasteiger partial charge on any atom is 0.311 e. The lowest BCUT2D eigenvalue weighted by Gasteiger charge is -2.08. The van der Waals surface area contributed by atoms with Gasteiger partial charge in [0.1, 0.15) is 5.75 Å². The Labute approximate surface area is 213 Å². The lowest BCUT2D eigenvalue weighted by Crippen LogP contribution is -2.07. The van der Waals surface area contributed by atoms with E-state index in [1.807, 2.05) is 36.7 Å². The Balaban J connectivity index is 1.28. The number of rotatable bonds is 17. The molecule has 0 atom stereocenters. The summed E-state index contributed by atoms with van der Waals surface area (Å²) in [6.07, 6.45) is 26.3. The fourth-order valence-electron chi connectivity index (χ4n) is 5.13. The standard InChI is InChI=1S/C31H46N2O2/c1-2-3-4-5-7-11-18-27-24-32-31(33-25-27)28-20-22-29(23-21-28)35-30(34)19-12-9-6-8-10-15-26-16-13-14-17-26/h20-26H,2-19H2,1H3. The van der Waals surface area contributed by atoms with Crippen molar-refractivity contribution in [1.82, 2.24) is 9.97 Å². The highest BCUT2D eigenvalue weighted by molar-refractivity contribution is 5.72. The number of benzene rings is 1. The summed E-state index contributed by atoms with van der Waals surface area (Å²) in [5.74, 6) is 2.16. The number of esters is 1. The van der Waals surface area contributed by atoms with Gasteiger partial charge in [-0.05, 0) is 55.0 Å². The zero-order valence-corrected chi connectivity index (χ0v) is 22.0. The fourth-order valence-corrected chi connectivity index (χ4v) is 5.13. The van der Waals surface area contributed by atoms with Crippen molar-refractivity contribution in [3.8, 4) is 17.1 Å². The van der Waals surface area contributed by atoms with Gasteiger partial charge in [0.25, 0.3) is 0 Å². The molecule has 0 aliphatic heterocycles. The van der Waals surface area contributed by atoms with Crippen LogP contribution in [-0.2, 0) is 11.2 Å². The molecule has 0 bridgehead atoms. The van der Waals surface area contributed by atoms with Crippen LogP contribution in [0.2, 0.25) is 0 Å². The number of ether oxygens (including phenoxy) is 1. The molecule has 2 aromatic rings. The van der Waals surface area contributed by atoms with Crippen molar-refractivity contribution in [2.24, 2.45) is 5.92 Å². The summed E-state index contributed by atoms with van der Waals surface area (Å²) in [7, 11) is 0. The third-order valence-electron chi connectivity index (χ3n) is 7.34. The highest BCUT2D eigenvalue weighted by Gasteiger charge is 2.14. The molecular weight excluding hydrogens is 432 g/mol. The van der Waals surface area contributed by atoms with E-state index >= 15 is 0 Å². The van der Waals surface area contributed by atoms with Gasteiger partial charge in [0.05, 0.1) is 0 Å².